The summed E-state index contributed by atoms with van der Waals surface area (Å²) in [6.07, 6.45) is 5.31. The Bertz CT molecular complexity index is 500. The molecular formula is C14H16N2O3. The number of carboxylic acid groups (broad SMARTS) is 1. The van der Waals surface area contributed by atoms with Crippen molar-refractivity contribution < 1.29 is 14.7 Å². The van der Waals surface area contributed by atoms with Crippen molar-refractivity contribution in [2.75, 3.05) is 5.32 Å². The zero-order chi connectivity index (χ0) is 14.4. The first-order valence-corrected chi connectivity index (χ1v) is 5.81. The van der Waals surface area contributed by atoms with Gasteiger partial charge in [0.25, 0.3) is 0 Å². The largest absolute Gasteiger partial charge is 0.478 e. The molecule has 0 radical (unpaired) electrons. The average Bonchev–Trinajstić information content (AvgIpc) is 2.36. The van der Waals surface area contributed by atoms with Crippen LogP contribution < -0.4 is 10.6 Å². The Kier molecular flexibility index (Phi) is 4.95. The summed E-state index contributed by atoms with van der Waals surface area (Å²) in [5, 5.41) is 14.0. The number of carboxylic acids is 1. The van der Waals surface area contributed by atoms with Gasteiger partial charge in [-0.1, -0.05) is 19.8 Å². The summed E-state index contributed by atoms with van der Waals surface area (Å²) in [4.78, 5) is 22.3. The molecule has 0 bridgehead atoms. The number of anilines is 1. The second kappa shape index (κ2) is 6.45. The van der Waals surface area contributed by atoms with E-state index in [9.17, 15) is 9.59 Å². The maximum Gasteiger partial charge on any atom is 0.335 e. The van der Waals surface area contributed by atoms with Crippen molar-refractivity contribution in [3.63, 3.8) is 0 Å². The lowest BCUT2D eigenvalue weighted by Gasteiger charge is -2.17. The van der Waals surface area contributed by atoms with Crippen LogP contribution in [-0.4, -0.2) is 23.1 Å². The summed E-state index contributed by atoms with van der Waals surface area (Å²) in [7, 11) is 0. The van der Waals surface area contributed by atoms with Gasteiger partial charge in [0.1, 0.15) is 0 Å². The van der Waals surface area contributed by atoms with E-state index in [2.05, 4.69) is 16.6 Å². The molecule has 1 unspecified atom stereocenters. The van der Waals surface area contributed by atoms with Crippen LogP contribution in [0.25, 0.3) is 0 Å². The number of carbonyl (C=O) groups excluding carboxylic acids is 1. The highest BCUT2D eigenvalue weighted by molar-refractivity contribution is 5.91. The van der Waals surface area contributed by atoms with Gasteiger partial charge in [0, 0.05) is 5.69 Å². The van der Waals surface area contributed by atoms with E-state index in [-0.39, 0.29) is 17.5 Å². The van der Waals surface area contributed by atoms with Crippen LogP contribution in [0.15, 0.2) is 24.3 Å². The number of urea groups is 1. The molecule has 0 aliphatic heterocycles. The first kappa shape index (κ1) is 14.6. The van der Waals surface area contributed by atoms with Crippen LogP contribution in [0.1, 0.15) is 24.2 Å². The van der Waals surface area contributed by atoms with Gasteiger partial charge in [0.05, 0.1) is 11.6 Å². The highest BCUT2D eigenvalue weighted by atomic mass is 16.4. The van der Waals surface area contributed by atoms with Crippen LogP contribution in [0.4, 0.5) is 10.5 Å². The monoisotopic (exact) mass is 260 g/mol. The van der Waals surface area contributed by atoms with Crippen molar-refractivity contribution in [1.82, 2.24) is 5.32 Å². The summed E-state index contributed by atoms with van der Waals surface area (Å²) in [6.45, 7) is 3.82. The van der Waals surface area contributed by atoms with Crippen LogP contribution in [-0.2, 0) is 0 Å². The lowest BCUT2D eigenvalue weighted by atomic mass is 10.1. The predicted molar refractivity (Wildman–Crippen MR) is 73.0 cm³/mol. The average molecular weight is 260 g/mol. The highest BCUT2D eigenvalue weighted by Gasteiger charge is 2.13. The molecule has 2 amide bonds. The molecule has 5 heteroatoms. The number of benzene rings is 1. The van der Waals surface area contributed by atoms with E-state index >= 15 is 0 Å². The van der Waals surface area contributed by atoms with Gasteiger partial charge in [-0.05, 0) is 30.2 Å². The Morgan fingerprint density at radius 3 is 2.26 bits per heavy atom. The Hall–Kier alpha value is -2.48. The Morgan fingerprint density at radius 1 is 1.26 bits per heavy atom. The van der Waals surface area contributed by atoms with Gasteiger partial charge in [-0.25, -0.2) is 9.59 Å². The standard InChI is InChI=1S/C14H16N2O3/c1-4-12(9(2)3)16-14(19)15-11-7-5-10(6-8-11)13(17)18/h1,5-9,12H,2-3H3,(H,17,18)(H2,15,16,19). The number of amides is 2. The molecule has 100 valence electrons. The highest BCUT2D eigenvalue weighted by Crippen LogP contribution is 2.09. The van der Waals surface area contributed by atoms with Crippen molar-refractivity contribution >= 4 is 17.7 Å². The molecule has 1 aromatic rings. The Morgan fingerprint density at radius 2 is 1.84 bits per heavy atom. The van der Waals surface area contributed by atoms with Crippen LogP contribution in [0.2, 0.25) is 0 Å². The summed E-state index contributed by atoms with van der Waals surface area (Å²) in [5.41, 5.74) is 0.664. The molecule has 0 heterocycles. The second-order valence-electron chi connectivity index (χ2n) is 4.37. The number of rotatable bonds is 4. The third-order valence-electron chi connectivity index (χ3n) is 2.52. The minimum atomic E-state index is -1.01. The number of hydrogen-bond acceptors (Lipinski definition) is 2. The number of terminal acetylenes is 1. The minimum Gasteiger partial charge on any atom is -0.478 e. The number of nitrogens with one attached hydrogen (secondary N) is 2. The minimum absolute atomic E-state index is 0.130. The van der Waals surface area contributed by atoms with E-state index in [1.54, 1.807) is 0 Å². The van der Waals surface area contributed by atoms with Crippen molar-refractivity contribution in [3.8, 4) is 12.3 Å². The van der Waals surface area contributed by atoms with Gasteiger partial charge in [-0.3, -0.25) is 0 Å². The molecule has 1 atom stereocenters. The molecule has 1 aromatic carbocycles. The summed E-state index contributed by atoms with van der Waals surface area (Å²) < 4.78 is 0. The Balaban J connectivity index is 2.62. The lowest BCUT2D eigenvalue weighted by molar-refractivity contribution is 0.0697. The van der Waals surface area contributed by atoms with Crippen LogP contribution >= 0.6 is 0 Å². The molecule has 0 saturated heterocycles. The van der Waals surface area contributed by atoms with Gasteiger partial charge in [-0.15, -0.1) is 6.42 Å². The first-order chi connectivity index (χ1) is 8.93. The topological polar surface area (TPSA) is 78.4 Å². The van der Waals surface area contributed by atoms with E-state index in [0.29, 0.717) is 5.69 Å². The molecule has 0 aromatic heterocycles. The third kappa shape index (κ3) is 4.36. The number of carbonyl (C=O) groups is 2. The fourth-order valence-electron chi connectivity index (χ4n) is 1.41. The lowest BCUT2D eigenvalue weighted by Crippen LogP contribution is -2.40. The maximum absolute atomic E-state index is 11.7. The molecule has 0 spiro atoms. The van der Waals surface area contributed by atoms with Crippen LogP contribution in [0, 0.1) is 18.3 Å². The molecule has 5 nitrogen and oxygen atoms in total. The van der Waals surface area contributed by atoms with E-state index in [1.165, 1.54) is 24.3 Å². The second-order valence-corrected chi connectivity index (χ2v) is 4.37. The van der Waals surface area contributed by atoms with Crippen LogP contribution in [0.3, 0.4) is 0 Å². The van der Waals surface area contributed by atoms with Crippen molar-refractivity contribution in [2.45, 2.75) is 19.9 Å². The molecule has 0 aliphatic carbocycles. The maximum atomic E-state index is 11.7. The van der Waals surface area contributed by atoms with E-state index in [4.69, 9.17) is 11.5 Å². The smallest absolute Gasteiger partial charge is 0.335 e. The third-order valence-corrected chi connectivity index (χ3v) is 2.52. The van der Waals surface area contributed by atoms with E-state index in [0.717, 1.165) is 0 Å². The number of aromatic carboxylic acids is 1. The van der Waals surface area contributed by atoms with Gasteiger partial charge < -0.3 is 15.7 Å². The van der Waals surface area contributed by atoms with Crippen molar-refractivity contribution in [2.24, 2.45) is 5.92 Å². The zero-order valence-electron chi connectivity index (χ0n) is 10.8. The predicted octanol–water partition coefficient (Wildman–Crippen LogP) is 2.16. The van der Waals surface area contributed by atoms with Gasteiger partial charge in [-0.2, -0.15) is 0 Å². The van der Waals surface area contributed by atoms with E-state index in [1.807, 2.05) is 13.8 Å². The molecule has 0 saturated carbocycles. The molecule has 1 rings (SSSR count). The van der Waals surface area contributed by atoms with E-state index < -0.39 is 12.0 Å². The fraction of sp³-hybridized carbons (Fsp3) is 0.286. The van der Waals surface area contributed by atoms with Crippen molar-refractivity contribution in [1.29, 1.82) is 0 Å². The zero-order valence-corrected chi connectivity index (χ0v) is 10.8. The molecular weight excluding hydrogens is 244 g/mol. The molecule has 19 heavy (non-hydrogen) atoms. The summed E-state index contributed by atoms with van der Waals surface area (Å²) >= 11 is 0. The van der Waals surface area contributed by atoms with Gasteiger partial charge in [0.2, 0.25) is 0 Å². The summed E-state index contributed by atoms with van der Waals surface area (Å²) in [5.74, 6) is 1.61. The first-order valence-electron chi connectivity index (χ1n) is 5.81. The SMILES string of the molecule is C#CC(NC(=O)Nc1ccc(C(=O)O)cc1)C(C)C. The molecule has 0 aliphatic rings. The number of hydrogen-bond donors (Lipinski definition) is 3. The van der Waals surface area contributed by atoms with Crippen molar-refractivity contribution in [3.05, 3.63) is 29.8 Å². The van der Waals surface area contributed by atoms with Gasteiger partial charge >= 0.3 is 12.0 Å². The Labute approximate surface area is 112 Å². The summed E-state index contributed by atoms with van der Waals surface area (Å²) in [6, 6.07) is 5.10. The molecule has 3 N–H and O–H groups in total. The quantitative estimate of drug-likeness (QED) is 0.726. The van der Waals surface area contributed by atoms with Gasteiger partial charge in [0.15, 0.2) is 0 Å². The fourth-order valence-corrected chi connectivity index (χ4v) is 1.41. The normalized spacial score (nSPS) is 11.5. The molecule has 0 fully saturated rings. The van der Waals surface area contributed by atoms with Crippen LogP contribution in [0.5, 0.6) is 0 Å².